The molecule has 1 aromatic carbocycles. The van der Waals surface area contributed by atoms with Gasteiger partial charge in [-0.15, -0.1) is 0 Å². The van der Waals surface area contributed by atoms with Crippen molar-refractivity contribution in [3.05, 3.63) is 46.6 Å². The van der Waals surface area contributed by atoms with E-state index in [-0.39, 0.29) is 11.5 Å². The highest BCUT2D eigenvalue weighted by Crippen LogP contribution is 2.27. The van der Waals surface area contributed by atoms with Gasteiger partial charge in [0.15, 0.2) is 5.16 Å². The van der Waals surface area contributed by atoms with Crippen molar-refractivity contribution in [1.82, 2.24) is 14.9 Å². The molecule has 8 heteroatoms. The first-order chi connectivity index (χ1) is 13.3. The number of thioether (sulfide) groups is 1. The number of carbonyl (C=O) groups excluding carboxylic acids is 1. The average Bonchev–Trinajstić information content (AvgIpc) is 2.69. The highest BCUT2D eigenvalue weighted by Gasteiger charge is 2.22. The van der Waals surface area contributed by atoms with Crippen molar-refractivity contribution in [2.45, 2.75) is 31.7 Å². The lowest BCUT2D eigenvalue weighted by molar-refractivity contribution is -0.129. The Morgan fingerprint density at radius 1 is 1.07 bits per heavy atom. The lowest BCUT2D eigenvalue weighted by Gasteiger charge is -2.35. The normalized spacial score (nSPS) is 14.2. The number of hydrogen-bond acceptors (Lipinski definition) is 6. The molecule has 1 N–H and O–H groups in total. The van der Waals surface area contributed by atoms with E-state index in [0.717, 1.165) is 35.7 Å². The molecule has 2 heterocycles. The van der Waals surface area contributed by atoms with E-state index in [1.54, 1.807) is 19.1 Å². The van der Waals surface area contributed by atoms with Crippen molar-refractivity contribution in [3.63, 3.8) is 0 Å². The Labute approximate surface area is 168 Å². The van der Waals surface area contributed by atoms with Crippen LogP contribution in [0.5, 0.6) is 0 Å². The maximum absolute atomic E-state index is 11.5. The monoisotopic (exact) mass is 400 g/mol. The summed E-state index contributed by atoms with van der Waals surface area (Å²) in [6, 6.07) is 6.86. The molecule has 1 fully saturated rings. The van der Waals surface area contributed by atoms with Gasteiger partial charge in [0.25, 0.3) is 0 Å². The number of carboxylic acids is 1. The molecule has 1 saturated heterocycles. The van der Waals surface area contributed by atoms with E-state index in [1.807, 2.05) is 30.9 Å². The molecule has 0 spiro atoms. The number of piperazine rings is 1. The molecular weight excluding hydrogens is 376 g/mol. The summed E-state index contributed by atoms with van der Waals surface area (Å²) in [7, 11) is 0. The van der Waals surface area contributed by atoms with Crippen LogP contribution in [-0.4, -0.2) is 58.0 Å². The van der Waals surface area contributed by atoms with Crippen LogP contribution in [0.25, 0.3) is 0 Å². The highest BCUT2D eigenvalue weighted by atomic mass is 32.2. The minimum absolute atomic E-state index is 0.111. The Hall–Kier alpha value is -2.61. The van der Waals surface area contributed by atoms with Gasteiger partial charge in [-0.25, -0.2) is 14.8 Å². The zero-order valence-corrected chi connectivity index (χ0v) is 17.1. The van der Waals surface area contributed by atoms with Gasteiger partial charge in [0.2, 0.25) is 5.91 Å². The number of carboxylic acid groups (broad SMARTS) is 1. The third-order valence-corrected chi connectivity index (χ3v) is 5.85. The van der Waals surface area contributed by atoms with Crippen LogP contribution in [0.2, 0.25) is 0 Å². The molecule has 0 radical (unpaired) electrons. The summed E-state index contributed by atoms with van der Waals surface area (Å²) in [5, 5.41) is 9.69. The van der Waals surface area contributed by atoms with E-state index >= 15 is 0 Å². The molecule has 148 valence electrons. The number of aromatic nitrogens is 2. The van der Waals surface area contributed by atoms with Crippen molar-refractivity contribution < 1.29 is 14.7 Å². The van der Waals surface area contributed by atoms with Crippen molar-refractivity contribution in [2.75, 3.05) is 31.1 Å². The van der Waals surface area contributed by atoms with Gasteiger partial charge in [0, 0.05) is 50.1 Å². The zero-order valence-electron chi connectivity index (χ0n) is 16.3. The van der Waals surface area contributed by atoms with Crippen molar-refractivity contribution >= 4 is 29.5 Å². The fourth-order valence-corrected chi connectivity index (χ4v) is 3.93. The van der Waals surface area contributed by atoms with E-state index in [4.69, 9.17) is 10.1 Å². The number of carbonyl (C=O) groups is 2. The third kappa shape index (κ3) is 4.62. The van der Waals surface area contributed by atoms with E-state index in [1.165, 1.54) is 11.8 Å². The Kier molecular flexibility index (Phi) is 6.18. The smallest absolute Gasteiger partial charge is 0.335 e. The van der Waals surface area contributed by atoms with Gasteiger partial charge in [-0.05, 0) is 31.5 Å². The van der Waals surface area contributed by atoms with Crippen LogP contribution in [0.3, 0.4) is 0 Å². The van der Waals surface area contributed by atoms with Gasteiger partial charge >= 0.3 is 5.97 Å². The van der Waals surface area contributed by atoms with Crippen LogP contribution in [0.1, 0.15) is 34.1 Å². The third-order valence-electron chi connectivity index (χ3n) is 4.94. The molecule has 2 aromatic rings. The van der Waals surface area contributed by atoms with E-state index in [9.17, 15) is 9.59 Å². The second-order valence-corrected chi connectivity index (χ2v) is 7.77. The molecule has 1 aliphatic rings. The minimum Gasteiger partial charge on any atom is -0.478 e. The largest absolute Gasteiger partial charge is 0.478 e. The fraction of sp³-hybridized carbons (Fsp3) is 0.400. The minimum atomic E-state index is -0.925. The Bertz CT molecular complexity index is 878. The van der Waals surface area contributed by atoms with Crippen LogP contribution in [0.4, 0.5) is 5.82 Å². The van der Waals surface area contributed by atoms with E-state index < -0.39 is 5.97 Å². The quantitative estimate of drug-likeness (QED) is 0.610. The summed E-state index contributed by atoms with van der Waals surface area (Å²) in [5.41, 5.74) is 3.31. The number of hydrogen-bond donors (Lipinski definition) is 1. The maximum Gasteiger partial charge on any atom is 0.335 e. The summed E-state index contributed by atoms with van der Waals surface area (Å²) >= 11 is 1.53. The number of aromatic carboxylic acids is 1. The second kappa shape index (κ2) is 8.60. The molecule has 7 nitrogen and oxygen atoms in total. The number of anilines is 1. The molecule has 0 atom stereocenters. The van der Waals surface area contributed by atoms with Crippen molar-refractivity contribution in [1.29, 1.82) is 0 Å². The summed E-state index contributed by atoms with van der Waals surface area (Å²) in [6.45, 7) is 8.55. The molecule has 0 aliphatic carbocycles. The molecular formula is C20H24N4O3S. The lowest BCUT2D eigenvalue weighted by atomic mass is 10.1. The van der Waals surface area contributed by atoms with Gasteiger partial charge in [-0.3, -0.25) is 4.79 Å². The van der Waals surface area contributed by atoms with Gasteiger partial charge in [0.1, 0.15) is 5.82 Å². The summed E-state index contributed by atoms with van der Waals surface area (Å²) in [5.74, 6) is 0.783. The van der Waals surface area contributed by atoms with Gasteiger partial charge in [-0.2, -0.15) is 0 Å². The fourth-order valence-electron chi connectivity index (χ4n) is 3.09. The molecule has 3 rings (SSSR count). The lowest BCUT2D eigenvalue weighted by Crippen LogP contribution is -2.48. The SMILES string of the molecule is CC(=O)N1CCN(c2nc(SCc3ccc(C(=O)O)cc3)nc(C)c2C)CC1. The first kappa shape index (κ1) is 20.1. The van der Waals surface area contributed by atoms with Crippen LogP contribution in [0, 0.1) is 13.8 Å². The first-order valence-electron chi connectivity index (χ1n) is 9.16. The number of benzene rings is 1. The predicted octanol–water partition coefficient (Wildman–Crippen LogP) is 2.75. The Morgan fingerprint density at radius 3 is 2.29 bits per heavy atom. The number of aryl methyl sites for hydroxylation is 1. The van der Waals surface area contributed by atoms with Crippen LogP contribution >= 0.6 is 11.8 Å². The number of nitrogens with zero attached hydrogens (tertiary/aromatic N) is 4. The predicted molar refractivity (Wildman–Crippen MR) is 109 cm³/mol. The average molecular weight is 401 g/mol. The molecule has 0 saturated carbocycles. The van der Waals surface area contributed by atoms with Gasteiger partial charge in [0.05, 0.1) is 5.56 Å². The van der Waals surface area contributed by atoms with Crippen LogP contribution in [-0.2, 0) is 10.5 Å². The summed E-state index contributed by atoms with van der Waals surface area (Å²) in [6.07, 6.45) is 0. The second-order valence-electron chi connectivity index (χ2n) is 6.82. The first-order valence-corrected chi connectivity index (χ1v) is 10.1. The Balaban J connectivity index is 1.71. The molecule has 0 unspecified atom stereocenters. The Morgan fingerprint density at radius 2 is 1.71 bits per heavy atom. The molecule has 1 aliphatic heterocycles. The van der Waals surface area contributed by atoms with Crippen LogP contribution in [0.15, 0.2) is 29.4 Å². The van der Waals surface area contributed by atoms with Crippen molar-refractivity contribution in [3.8, 4) is 0 Å². The van der Waals surface area contributed by atoms with E-state index in [0.29, 0.717) is 24.0 Å². The molecule has 1 aromatic heterocycles. The topological polar surface area (TPSA) is 86.6 Å². The van der Waals surface area contributed by atoms with Crippen molar-refractivity contribution in [2.24, 2.45) is 0 Å². The molecule has 0 bridgehead atoms. The van der Waals surface area contributed by atoms with Gasteiger partial charge in [-0.1, -0.05) is 23.9 Å². The number of rotatable bonds is 5. The maximum atomic E-state index is 11.5. The molecule has 1 amide bonds. The number of amides is 1. The summed E-state index contributed by atoms with van der Waals surface area (Å²) < 4.78 is 0. The highest BCUT2D eigenvalue weighted by molar-refractivity contribution is 7.98. The standard InChI is InChI=1S/C20H24N4O3S/c1-13-14(2)21-20(28-12-16-4-6-17(7-5-16)19(26)27)22-18(13)24-10-8-23(9-11-24)15(3)25/h4-7H,8-12H2,1-3H3,(H,26,27). The summed E-state index contributed by atoms with van der Waals surface area (Å²) in [4.78, 5) is 35.9. The van der Waals surface area contributed by atoms with Crippen LogP contribution < -0.4 is 4.90 Å². The molecule has 28 heavy (non-hydrogen) atoms. The zero-order chi connectivity index (χ0) is 20.3. The van der Waals surface area contributed by atoms with Gasteiger partial charge < -0.3 is 14.9 Å². The van der Waals surface area contributed by atoms with E-state index in [2.05, 4.69) is 9.88 Å².